The van der Waals surface area contributed by atoms with Crippen LogP contribution in [0.3, 0.4) is 0 Å². The van der Waals surface area contributed by atoms with Crippen LogP contribution >= 0.6 is 11.8 Å². The fraction of sp³-hybridized carbons (Fsp3) is 0.550. The van der Waals surface area contributed by atoms with Gasteiger partial charge in [0, 0.05) is 18.2 Å². The second-order valence-electron chi connectivity index (χ2n) is 7.40. The lowest BCUT2D eigenvalue weighted by Gasteiger charge is -2.16. The summed E-state index contributed by atoms with van der Waals surface area (Å²) in [6, 6.07) is 6.06. The summed E-state index contributed by atoms with van der Waals surface area (Å²) in [5.41, 5.74) is 3.05. The van der Waals surface area contributed by atoms with Crippen molar-refractivity contribution in [3.8, 4) is 0 Å². The molecule has 1 atom stereocenters. The summed E-state index contributed by atoms with van der Waals surface area (Å²) < 4.78 is 7.90. The molecular weight excluding hydrogens is 360 g/mol. The van der Waals surface area contributed by atoms with Crippen LogP contribution in [-0.4, -0.2) is 39.1 Å². The van der Waals surface area contributed by atoms with Gasteiger partial charge in [-0.3, -0.25) is 4.79 Å². The van der Waals surface area contributed by atoms with E-state index in [9.17, 15) is 4.79 Å². The molecule has 1 aromatic heterocycles. The van der Waals surface area contributed by atoms with Crippen molar-refractivity contribution in [2.75, 3.05) is 17.7 Å². The predicted octanol–water partition coefficient (Wildman–Crippen LogP) is 3.93. The number of carbonyl (C=O) groups excluding carboxylic acids is 1. The number of anilines is 1. The third-order valence-corrected chi connectivity index (χ3v) is 5.64. The number of carbonyl (C=O) groups is 1. The third kappa shape index (κ3) is 5.11. The van der Waals surface area contributed by atoms with Crippen LogP contribution in [0.1, 0.15) is 49.6 Å². The summed E-state index contributed by atoms with van der Waals surface area (Å²) in [7, 11) is 0. The molecule has 1 aliphatic heterocycles. The molecule has 1 fully saturated rings. The molecule has 0 spiro atoms. The normalized spacial score (nSPS) is 16.9. The quantitative estimate of drug-likeness (QED) is 0.728. The molecule has 1 saturated heterocycles. The van der Waals surface area contributed by atoms with Crippen molar-refractivity contribution in [2.45, 2.75) is 64.3 Å². The van der Waals surface area contributed by atoms with Gasteiger partial charge < -0.3 is 14.6 Å². The highest BCUT2D eigenvalue weighted by Crippen LogP contribution is 2.25. The number of hydrogen-bond donors (Lipinski definition) is 1. The van der Waals surface area contributed by atoms with Gasteiger partial charge in [0.1, 0.15) is 5.82 Å². The van der Waals surface area contributed by atoms with E-state index in [1.165, 1.54) is 11.8 Å². The minimum atomic E-state index is -0.0357. The zero-order valence-electron chi connectivity index (χ0n) is 16.5. The second kappa shape index (κ2) is 8.89. The van der Waals surface area contributed by atoms with Crippen LogP contribution in [0.5, 0.6) is 0 Å². The SMILES string of the molecule is Cc1ccc(C)c(NC(=O)CSc2nnc(C(C)C)n2CC2CCCO2)c1. The Hall–Kier alpha value is -1.86. The number of rotatable bonds is 7. The summed E-state index contributed by atoms with van der Waals surface area (Å²) in [5.74, 6) is 1.49. The molecule has 1 aliphatic rings. The highest BCUT2D eigenvalue weighted by atomic mass is 32.2. The Balaban J connectivity index is 1.66. The van der Waals surface area contributed by atoms with Gasteiger partial charge in [-0.2, -0.15) is 0 Å². The van der Waals surface area contributed by atoms with Gasteiger partial charge >= 0.3 is 0 Å². The monoisotopic (exact) mass is 388 g/mol. The van der Waals surface area contributed by atoms with E-state index in [0.29, 0.717) is 5.75 Å². The van der Waals surface area contributed by atoms with E-state index in [1.807, 2.05) is 32.0 Å². The first-order valence-electron chi connectivity index (χ1n) is 9.48. The first-order chi connectivity index (χ1) is 12.9. The molecule has 2 heterocycles. The number of benzene rings is 1. The van der Waals surface area contributed by atoms with Gasteiger partial charge in [-0.05, 0) is 43.9 Å². The fourth-order valence-electron chi connectivity index (χ4n) is 3.18. The summed E-state index contributed by atoms with van der Waals surface area (Å²) in [6.07, 6.45) is 2.37. The number of thioether (sulfide) groups is 1. The minimum Gasteiger partial charge on any atom is -0.376 e. The molecule has 0 radical (unpaired) electrons. The first kappa shape index (κ1) is 19.9. The van der Waals surface area contributed by atoms with E-state index in [0.717, 1.165) is 53.8 Å². The molecule has 1 aromatic carbocycles. The second-order valence-corrected chi connectivity index (χ2v) is 8.34. The van der Waals surface area contributed by atoms with Gasteiger partial charge in [0.2, 0.25) is 5.91 Å². The average Bonchev–Trinajstić information content (AvgIpc) is 3.27. The fourth-order valence-corrected chi connectivity index (χ4v) is 3.94. The van der Waals surface area contributed by atoms with E-state index in [1.54, 1.807) is 0 Å². The smallest absolute Gasteiger partial charge is 0.234 e. The summed E-state index contributed by atoms with van der Waals surface area (Å²) in [5, 5.41) is 12.5. The minimum absolute atomic E-state index is 0.0357. The standard InChI is InChI=1S/C20H28N4O2S/c1-13(2)19-22-23-20(24(19)11-16-6-5-9-26-16)27-12-18(25)21-17-10-14(3)7-8-15(17)4/h7-8,10,13,16H,5-6,9,11-12H2,1-4H3,(H,21,25). The molecule has 1 unspecified atom stereocenters. The van der Waals surface area contributed by atoms with Crippen LogP contribution in [0.25, 0.3) is 0 Å². The van der Waals surface area contributed by atoms with Crippen LogP contribution in [0.15, 0.2) is 23.4 Å². The van der Waals surface area contributed by atoms with Crippen molar-refractivity contribution in [3.63, 3.8) is 0 Å². The van der Waals surface area contributed by atoms with Gasteiger partial charge in [-0.25, -0.2) is 0 Å². The van der Waals surface area contributed by atoms with Gasteiger partial charge in [0.05, 0.1) is 18.4 Å². The molecule has 1 N–H and O–H groups in total. The van der Waals surface area contributed by atoms with Crippen molar-refractivity contribution >= 4 is 23.4 Å². The molecule has 2 aromatic rings. The van der Waals surface area contributed by atoms with Crippen LogP contribution in [0.2, 0.25) is 0 Å². The number of hydrogen-bond acceptors (Lipinski definition) is 5. The van der Waals surface area contributed by atoms with Crippen LogP contribution in [0.4, 0.5) is 5.69 Å². The topological polar surface area (TPSA) is 69.0 Å². The summed E-state index contributed by atoms with van der Waals surface area (Å²) in [4.78, 5) is 12.4. The lowest BCUT2D eigenvalue weighted by atomic mass is 10.1. The number of aromatic nitrogens is 3. The Morgan fingerprint density at radius 3 is 2.89 bits per heavy atom. The van der Waals surface area contributed by atoms with Crippen molar-refractivity contribution in [2.24, 2.45) is 0 Å². The van der Waals surface area contributed by atoms with Gasteiger partial charge in [0.15, 0.2) is 5.16 Å². The van der Waals surface area contributed by atoms with Crippen molar-refractivity contribution < 1.29 is 9.53 Å². The summed E-state index contributed by atoms with van der Waals surface area (Å²) in [6.45, 7) is 9.81. The maximum Gasteiger partial charge on any atom is 0.234 e. The molecule has 6 nitrogen and oxygen atoms in total. The number of aryl methyl sites for hydroxylation is 2. The Labute approximate surface area is 165 Å². The number of amides is 1. The van der Waals surface area contributed by atoms with E-state index in [2.05, 4.69) is 33.9 Å². The Morgan fingerprint density at radius 1 is 1.37 bits per heavy atom. The third-order valence-electron chi connectivity index (χ3n) is 4.67. The maximum atomic E-state index is 12.4. The van der Waals surface area contributed by atoms with Gasteiger partial charge in [0.25, 0.3) is 0 Å². The largest absolute Gasteiger partial charge is 0.376 e. The first-order valence-corrected chi connectivity index (χ1v) is 10.5. The van der Waals surface area contributed by atoms with E-state index in [4.69, 9.17) is 4.74 Å². The lowest BCUT2D eigenvalue weighted by Crippen LogP contribution is -2.19. The van der Waals surface area contributed by atoms with Crippen molar-refractivity contribution in [3.05, 3.63) is 35.2 Å². The molecule has 7 heteroatoms. The number of nitrogens with zero attached hydrogens (tertiary/aromatic N) is 3. The molecule has 3 rings (SSSR count). The average molecular weight is 389 g/mol. The highest BCUT2D eigenvalue weighted by molar-refractivity contribution is 7.99. The molecule has 0 bridgehead atoms. The van der Waals surface area contributed by atoms with E-state index < -0.39 is 0 Å². The Bertz CT molecular complexity index is 797. The van der Waals surface area contributed by atoms with E-state index in [-0.39, 0.29) is 17.9 Å². The van der Waals surface area contributed by atoms with Crippen LogP contribution in [0, 0.1) is 13.8 Å². The highest BCUT2D eigenvalue weighted by Gasteiger charge is 2.22. The van der Waals surface area contributed by atoms with Crippen molar-refractivity contribution in [1.82, 2.24) is 14.8 Å². The van der Waals surface area contributed by atoms with Crippen molar-refractivity contribution in [1.29, 1.82) is 0 Å². The lowest BCUT2D eigenvalue weighted by molar-refractivity contribution is -0.113. The van der Waals surface area contributed by atoms with E-state index >= 15 is 0 Å². The zero-order chi connectivity index (χ0) is 19.4. The van der Waals surface area contributed by atoms with Gasteiger partial charge in [-0.15, -0.1) is 10.2 Å². The number of ether oxygens (including phenoxy) is 1. The molecule has 1 amide bonds. The molecule has 146 valence electrons. The molecular formula is C20H28N4O2S. The Kier molecular flexibility index (Phi) is 6.55. The molecule has 27 heavy (non-hydrogen) atoms. The van der Waals surface area contributed by atoms with Crippen LogP contribution < -0.4 is 5.32 Å². The zero-order valence-corrected chi connectivity index (χ0v) is 17.3. The number of nitrogens with one attached hydrogen (secondary N) is 1. The molecule has 0 saturated carbocycles. The Morgan fingerprint density at radius 2 is 2.19 bits per heavy atom. The van der Waals surface area contributed by atoms with Crippen LogP contribution in [-0.2, 0) is 16.1 Å². The molecule has 0 aliphatic carbocycles. The van der Waals surface area contributed by atoms with Gasteiger partial charge in [-0.1, -0.05) is 37.7 Å². The predicted molar refractivity (Wildman–Crippen MR) is 108 cm³/mol. The maximum absolute atomic E-state index is 12.4. The summed E-state index contributed by atoms with van der Waals surface area (Å²) >= 11 is 1.43.